The molecule has 8 amide bonds. The van der Waals surface area contributed by atoms with Crippen LogP contribution in [0.2, 0.25) is 0 Å². The van der Waals surface area contributed by atoms with E-state index in [0.29, 0.717) is 79.1 Å². The highest BCUT2D eigenvalue weighted by atomic mass is 16.2. The van der Waals surface area contributed by atoms with E-state index >= 15 is 0 Å². The number of hydrogen-bond donors (Lipinski definition) is 0. The van der Waals surface area contributed by atoms with E-state index in [9.17, 15) is 38.4 Å². The predicted molar refractivity (Wildman–Crippen MR) is 280 cm³/mol. The molecule has 12 heteroatoms. The third-order valence-corrected chi connectivity index (χ3v) is 16.5. The summed E-state index contributed by atoms with van der Waals surface area (Å²) in [6.07, 6.45) is 3.58. The minimum absolute atomic E-state index is 0.0460. The van der Waals surface area contributed by atoms with Crippen LogP contribution in [-0.2, 0) is 0 Å². The van der Waals surface area contributed by atoms with E-state index < -0.39 is 23.6 Å². The number of benzene rings is 10. The lowest BCUT2D eigenvalue weighted by atomic mass is 9.82. The Morgan fingerprint density at radius 3 is 0.767 bits per heavy atom. The SMILES string of the molecule is CCCCCN1C(=O)c2ccc3c4ccc5c6c(ccc(c7ccc(c2c37)C1=O)c64)C(=O)N(CCCN1C(=O)c2ccc3c4ccc6c7c(ccc(c8ccc(c2c38)C1=O)c74)C(=O)N(CC(C)CC)C6=O)C5=O. The topological polar surface area (TPSA) is 150 Å². The molecule has 14 rings (SSSR count). The van der Waals surface area contributed by atoms with Crippen molar-refractivity contribution in [2.45, 2.75) is 52.9 Å². The van der Waals surface area contributed by atoms with Crippen molar-refractivity contribution in [3.8, 4) is 0 Å². The van der Waals surface area contributed by atoms with Crippen molar-refractivity contribution in [3.05, 3.63) is 142 Å². The fraction of sp³-hybridized carbons (Fsp3) is 0.213. The van der Waals surface area contributed by atoms with Gasteiger partial charge in [0.1, 0.15) is 0 Å². The number of fused-ring (bicyclic) bond motifs is 4. The second-order valence-electron chi connectivity index (χ2n) is 20.4. The van der Waals surface area contributed by atoms with E-state index in [0.717, 1.165) is 90.3 Å². The number of amides is 8. The van der Waals surface area contributed by atoms with Crippen LogP contribution in [-0.4, -0.2) is 93.0 Å². The maximum absolute atomic E-state index is 14.5. The average molecular weight is 961 g/mol. The van der Waals surface area contributed by atoms with Gasteiger partial charge in [0.15, 0.2) is 0 Å². The minimum Gasteiger partial charge on any atom is -0.274 e. The van der Waals surface area contributed by atoms with Crippen LogP contribution in [0.3, 0.4) is 0 Å². The summed E-state index contributed by atoms with van der Waals surface area (Å²) in [5.41, 5.74) is 3.36. The van der Waals surface area contributed by atoms with E-state index in [1.807, 2.05) is 62.4 Å². The fourth-order valence-electron chi connectivity index (χ4n) is 12.9. The quantitative estimate of drug-likeness (QED) is 0.0538. The van der Waals surface area contributed by atoms with Crippen molar-refractivity contribution in [2.75, 3.05) is 26.2 Å². The first-order valence-corrected chi connectivity index (χ1v) is 25.3. The van der Waals surface area contributed by atoms with E-state index in [1.165, 1.54) is 19.6 Å². The van der Waals surface area contributed by atoms with Crippen LogP contribution in [0.15, 0.2) is 97.1 Å². The van der Waals surface area contributed by atoms with Crippen LogP contribution in [0.5, 0.6) is 0 Å². The zero-order valence-electron chi connectivity index (χ0n) is 40.2. The first-order valence-electron chi connectivity index (χ1n) is 25.3. The predicted octanol–water partition coefficient (Wildman–Crippen LogP) is 11.5. The number of carbonyl (C=O) groups is 8. The lowest BCUT2D eigenvalue weighted by molar-refractivity contribution is 0.0562. The molecule has 0 saturated heterocycles. The summed E-state index contributed by atoms with van der Waals surface area (Å²) in [6, 6.07) is 29.2. The molecule has 4 aliphatic heterocycles. The molecule has 1 unspecified atom stereocenters. The molecule has 0 fully saturated rings. The van der Waals surface area contributed by atoms with Crippen molar-refractivity contribution >= 4 is 133 Å². The summed E-state index contributed by atoms with van der Waals surface area (Å²) < 4.78 is 0. The number of rotatable bonds is 11. The molecule has 1 atom stereocenters. The van der Waals surface area contributed by atoms with Crippen molar-refractivity contribution in [1.82, 2.24) is 19.6 Å². The molecule has 0 N–H and O–H groups in total. The van der Waals surface area contributed by atoms with Crippen LogP contribution in [0.1, 0.15) is 136 Å². The highest BCUT2D eigenvalue weighted by molar-refractivity contribution is 6.43. The van der Waals surface area contributed by atoms with E-state index in [4.69, 9.17) is 0 Å². The lowest BCUT2D eigenvalue weighted by Gasteiger charge is -2.31. The molecule has 4 heterocycles. The first-order chi connectivity index (χ1) is 35.4. The van der Waals surface area contributed by atoms with Crippen LogP contribution in [0, 0.1) is 5.92 Å². The number of imide groups is 4. The molecule has 0 spiro atoms. The van der Waals surface area contributed by atoms with E-state index in [2.05, 4.69) is 6.92 Å². The first kappa shape index (κ1) is 43.2. The van der Waals surface area contributed by atoms with Gasteiger partial charge in [-0.15, -0.1) is 0 Å². The third kappa shape index (κ3) is 5.49. The van der Waals surface area contributed by atoms with Crippen molar-refractivity contribution < 1.29 is 38.4 Å². The molecule has 73 heavy (non-hydrogen) atoms. The molecule has 0 aromatic heterocycles. The van der Waals surface area contributed by atoms with Gasteiger partial charge in [0.2, 0.25) is 0 Å². The molecule has 0 aliphatic carbocycles. The van der Waals surface area contributed by atoms with Gasteiger partial charge in [-0.25, -0.2) is 0 Å². The van der Waals surface area contributed by atoms with Gasteiger partial charge in [-0.3, -0.25) is 58.0 Å². The van der Waals surface area contributed by atoms with Crippen LogP contribution < -0.4 is 0 Å². The third-order valence-electron chi connectivity index (χ3n) is 16.5. The summed E-state index contributed by atoms with van der Waals surface area (Å²) >= 11 is 0. The van der Waals surface area contributed by atoms with E-state index in [1.54, 1.807) is 48.5 Å². The van der Waals surface area contributed by atoms with Gasteiger partial charge < -0.3 is 0 Å². The van der Waals surface area contributed by atoms with E-state index in [-0.39, 0.29) is 49.1 Å². The Bertz CT molecular complexity index is 4080. The van der Waals surface area contributed by atoms with Gasteiger partial charge in [-0.05, 0) is 132 Å². The Balaban J connectivity index is 0.770. The molecule has 356 valence electrons. The van der Waals surface area contributed by atoms with Gasteiger partial charge in [0.25, 0.3) is 47.3 Å². The highest BCUT2D eigenvalue weighted by Gasteiger charge is 2.40. The summed E-state index contributed by atoms with van der Waals surface area (Å²) in [7, 11) is 0. The molecule has 10 aromatic carbocycles. The maximum atomic E-state index is 14.5. The Hall–Kier alpha value is -8.64. The average Bonchev–Trinajstić information content (AvgIpc) is 3.41. The van der Waals surface area contributed by atoms with Crippen molar-refractivity contribution in [3.63, 3.8) is 0 Å². The summed E-state index contributed by atoms with van der Waals surface area (Å²) in [5.74, 6) is -2.99. The van der Waals surface area contributed by atoms with Crippen molar-refractivity contribution in [2.24, 2.45) is 5.92 Å². The molecule has 0 saturated carbocycles. The van der Waals surface area contributed by atoms with Crippen LogP contribution in [0.4, 0.5) is 0 Å². The number of unbranched alkanes of at least 4 members (excludes halogenated alkanes) is 2. The summed E-state index contributed by atoms with van der Waals surface area (Å²) in [5, 5.41) is 11.9. The molecule has 12 nitrogen and oxygen atoms in total. The Morgan fingerprint density at radius 1 is 0.301 bits per heavy atom. The lowest BCUT2D eigenvalue weighted by Crippen LogP contribution is -2.44. The fourth-order valence-corrected chi connectivity index (χ4v) is 12.9. The highest BCUT2D eigenvalue weighted by Crippen LogP contribution is 2.49. The monoisotopic (exact) mass is 960 g/mol. The standard InChI is InChI=1S/C61H44N4O8/c1-4-6-7-25-62-54(66)38-17-9-30-32-11-19-40-51-41(20-12-33(47(32)51)31-10-18-39(55(62)67)50(38)46(30)31)57(69)63(56(40)68)26-8-27-64-58(70)42-21-13-34-36-15-23-44-53-45(61(73)65(60(44)72)28-29(3)5-2)24-16-37(49(36)53)35-14-22-43(59(64)71)52(42)48(34)35/h9-24,29H,4-8,25-28H2,1-3H3. The van der Waals surface area contributed by atoms with Gasteiger partial charge >= 0.3 is 0 Å². The Morgan fingerprint density at radius 2 is 0.534 bits per heavy atom. The van der Waals surface area contributed by atoms with Crippen LogP contribution >= 0.6 is 0 Å². The summed E-state index contributed by atoms with van der Waals surface area (Å²) in [6.45, 7) is 6.73. The van der Waals surface area contributed by atoms with Gasteiger partial charge in [-0.1, -0.05) is 88.6 Å². The second-order valence-corrected chi connectivity index (χ2v) is 20.4. The number of nitrogens with zero attached hydrogens (tertiary/aromatic N) is 4. The molecular weight excluding hydrogens is 917 g/mol. The number of hydrogen-bond acceptors (Lipinski definition) is 8. The molecule has 0 radical (unpaired) electrons. The van der Waals surface area contributed by atoms with Gasteiger partial charge in [0, 0.05) is 92.2 Å². The molecule has 0 bridgehead atoms. The summed E-state index contributed by atoms with van der Waals surface area (Å²) in [4.78, 5) is 118. The Labute approximate surface area is 416 Å². The maximum Gasteiger partial charge on any atom is 0.261 e. The smallest absolute Gasteiger partial charge is 0.261 e. The van der Waals surface area contributed by atoms with Gasteiger partial charge in [-0.2, -0.15) is 0 Å². The van der Waals surface area contributed by atoms with Crippen molar-refractivity contribution in [1.29, 1.82) is 0 Å². The zero-order chi connectivity index (χ0) is 50.0. The molecule has 10 aromatic rings. The Kier molecular flexibility index (Phi) is 8.98. The van der Waals surface area contributed by atoms with Crippen LogP contribution in [0.25, 0.3) is 86.2 Å². The molecular formula is C61H44N4O8. The second kappa shape index (κ2) is 15.2. The zero-order valence-corrected chi connectivity index (χ0v) is 40.2. The minimum atomic E-state index is -0.477. The largest absolute Gasteiger partial charge is 0.274 e. The normalized spacial score (nSPS) is 16.2. The molecule has 4 aliphatic rings. The van der Waals surface area contributed by atoms with Gasteiger partial charge in [0.05, 0.1) is 0 Å². The number of carbonyl (C=O) groups excluding carboxylic acids is 8.